The van der Waals surface area contributed by atoms with Gasteiger partial charge in [-0.15, -0.1) is 11.3 Å². The molecule has 0 unspecified atom stereocenters. The number of sulfonamides is 1. The van der Waals surface area contributed by atoms with Gasteiger partial charge in [0.05, 0.1) is 29.5 Å². The quantitative estimate of drug-likeness (QED) is 0.512. The van der Waals surface area contributed by atoms with Crippen molar-refractivity contribution < 1.29 is 26.7 Å². The number of ether oxygens (including phenoxy) is 1. The number of morpholine rings is 1. The van der Waals surface area contributed by atoms with Crippen LogP contribution in [0.2, 0.25) is 0 Å². The highest BCUT2D eigenvalue weighted by Crippen LogP contribution is 2.35. The molecule has 2 heterocycles. The predicted molar refractivity (Wildman–Crippen MR) is 128 cm³/mol. The Bertz CT molecular complexity index is 1320. The van der Waals surface area contributed by atoms with E-state index in [1.165, 1.54) is 12.1 Å². The normalized spacial score (nSPS) is 14.2. The summed E-state index contributed by atoms with van der Waals surface area (Å²) < 4.78 is 61.1. The van der Waals surface area contributed by atoms with Gasteiger partial charge in [-0.25, -0.2) is 17.2 Å². The summed E-state index contributed by atoms with van der Waals surface area (Å²) >= 11 is 1.06. The van der Waals surface area contributed by atoms with Crippen LogP contribution >= 0.6 is 11.3 Å². The Morgan fingerprint density at radius 2 is 1.76 bits per heavy atom. The van der Waals surface area contributed by atoms with Crippen molar-refractivity contribution in [3.05, 3.63) is 69.4 Å². The van der Waals surface area contributed by atoms with Gasteiger partial charge in [-0.3, -0.25) is 9.52 Å². The van der Waals surface area contributed by atoms with E-state index in [0.29, 0.717) is 48.8 Å². The molecule has 0 saturated carbocycles. The maximum absolute atomic E-state index is 14.8. The number of hydrogen-bond acceptors (Lipinski definition) is 6. The molecule has 11 heteroatoms. The van der Waals surface area contributed by atoms with E-state index in [2.05, 4.69) is 10.0 Å². The Morgan fingerprint density at radius 1 is 1.09 bits per heavy atom. The highest BCUT2D eigenvalue weighted by molar-refractivity contribution is 7.92. The number of rotatable bonds is 6. The Balaban J connectivity index is 1.60. The van der Waals surface area contributed by atoms with Crippen LogP contribution in [-0.4, -0.2) is 40.6 Å². The van der Waals surface area contributed by atoms with E-state index in [0.717, 1.165) is 35.6 Å². The fourth-order valence-electron chi connectivity index (χ4n) is 3.84. The van der Waals surface area contributed by atoms with Gasteiger partial charge in [0.1, 0.15) is 16.5 Å². The van der Waals surface area contributed by atoms with E-state index in [1.54, 1.807) is 19.2 Å². The molecule has 2 N–H and O–H groups in total. The Labute approximate surface area is 200 Å². The summed E-state index contributed by atoms with van der Waals surface area (Å²) in [6.45, 7) is 5.48. The monoisotopic (exact) mass is 507 g/mol. The van der Waals surface area contributed by atoms with Gasteiger partial charge in [0, 0.05) is 18.8 Å². The van der Waals surface area contributed by atoms with E-state index in [1.807, 2.05) is 4.90 Å². The summed E-state index contributed by atoms with van der Waals surface area (Å²) in [7, 11) is -4.03. The SMILES string of the molecule is Cc1cc(F)c(N2CCOCC2)c(C)c1NC(=O)c1sccc1NS(=O)(=O)c1ccc(F)cc1. The zero-order valence-electron chi connectivity index (χ0n) is 18.5. The van der Waals surface area contributed by atoms with E-state index in [9.17, 15) is 22.0 Å². The number of benzene rings is 2. The fourth-order valence-corrected chi connectivity index (χ4v) is 5.73. The topological polar surface area (TPSA) is 87.7 Å². The lowest BCUT2D eigenvalue weighted by Crippen LogP contribution is -2.37. The number of carbonyl (C=O) groups excluding carboxylic acids is 1. The minimum absolute atomic E-state index is 0.0950. The van der Waals surface area contributed by atoms with Crippen LogP contribution in [0, 0.1) is 25.5 Å². The maximum atomic E-state index is 14.8. The molecule has 1 aliphatic rings. The van der Waals surface area contributed by atoms with Gasteiger partial charge in [0.15, 0.2) is 0 Å². The second-order valence-electron chi connectivity index (χ2n) is 7.80. The van der Waals surface area contributed by atoms with Crippen molar-refractivity contribution >= 4 is 44.3 Å². The van der Waals surface area contributed by atoms with Crippen LogP contribution in [0.5, 0.6) is 0 Å². The average Bonchev–Trinajstić information content (AvgIpc) is 3.25. The number of thiophene rings is 1. The zero-order chi connectivity index (χ0) is 24.5. The Morgan fingerprint density at radius 3 is 2.44 bits per heavy atom. The van der Waals surface area contributed by atoms with Crippen molar-refractivity contribution in [2.45, 2.75) is 18.7 Å². The molecule has 2 aromatic carbocycles. The number of halogens is 2. The lowest BCUT2D eigenvalue weighted by molar-refractivity contribution is 0.103. The third kappa shape index (κ3) is 4.91. The smallest absolute Gasteiger partial charge is 0.267 e. The lowest BCUT2D eigenvalue weighted by atomic mass is 10.0. The number of hydrogen-bond donors (Lipinski definition) is 2. The van der Waals surface area contributed by atoms with E-state index >= 15 is 0 Å². The highest BCUT2D eigenvalue weighted by atomic mass is 32.2. The summed E-state index contributed by atoms with van der Waals surface area (Å²) in [5.41, 5.74) is 2.10. The molecule has 0 radical (unpaired) electrons. The molecular weight excluding hydrogens is 484 g/mol. The first-order valence-corrected chi connectivity index (χ1v) is 12.8. The minimum atomic E-state index is -4.03. The fraction of sp³-hybridized carbons (Fsp3) is 0.261. The highest BCUT2D eigenvalue weighted by Gasteiger charge is 2.24. The summed E-state index contributed by atoms with van der Waals surface area (Å²) in [5, 5.41) is 4.41. The largest absolute Gasteiger partial charge is 0.378 e. The third-order valence-corrected chi connectivity index (χ3v) is 7.79. The first kappa shape index (κ1) is 24.1. The predicted octanol–water partition coefficient (Wildman–Crippen LogP) is 4.53. The van der Waals surface area contributed by atoms with E-state index in [4.69, 9.17) is 4.74 Å². The minimum Gasteiger partial charge on any atom is -0.378 e. The lowest BCUT2D eigenvalue weighted by Gasteiger charge is -2.31. The van der Waals surface area contributed by atoms with Crippen LogP contribution < -0.4 is 14.9 Å². The first-order valence-electron chi connectivity index (χ1n) is 10.5. The van der Waals surface area contributed by atoms with Gasteiger partial charge in [0.2, 0.25) is 0 Å². The Kier molecular flexibility index (Phi) is 6.87. The van der Waals surface area contributed by atoms with Gasteiger partial charge < -0.3 is 15.0 Å². The van der Waals surface area contributed by atoms with Crippen molar-refractivity contribution in [3.63, 3.8) is 0 Å². The van der Waals surface area contributed by atoms with Crippen molar-refractivity contribution in [1.29, 1.82) is 0 Å². The molecule has 3 aromatic rings. The molecule has 0 atom stereocenters. The molecule has 1 aromatic heterocycles. The Hall–Kier alpha value is -3.02. The number of nitrogens with one attached hydrogen (secondary N) is 2. The summed E-state index contributed by atoms with van der Waals surface area (Å²) in [6, 6.07) is 7.22. The molecule has 0 spiro atoms. The molecular formula is C23H23F2N3O4S2. The van der Waals surface area contributed by atoms with Gasteiger partial charge in [-0.2, -0.15) is 0 Å². The summed E-state index contributed by atoms with van der Waals surface area (Å²) in [4.78, 5) is 15.0. The number of amides is 1. The van der Waals surface area contributed by atoms with Crippen molar-refractivity contribution in [1.82, 2.24) is 0 Å². The van der Waals surface area contributed by atoms with Gasteiger partial charge in [-0.05, 0) is 66.8 Å². The second kappa shape index (κ2) is 9.69. The van der Waals surface area contributed by atoms with Crippen LogP contribution in [0.25, 0.3) is 0 Å². The molecule has 34 heavy (non-hydrogen) atoms. The molecule has 1 amide bonds. The molecule has 1 saturated heterocycles. The molecule has 180 valence electrons. The molecule has 1 fully saturated rings. The third-order valence-electron chi connectivity index (χ3n) is 5.50. The van der Waals surface area contributed by atoms with E-state index in [-0.39, 0.29) is 21.3 Å². The zero-order valence-corrected chi connectivity index (χ0v) is 20.2. The molecule has 0 aliphatic carbocycles. The van der Waals surface area contributed by atoms with Gasteiger partial charge in [-0.1, -0.05) is 0 Å². The molecule has 4 rings (SSSR count). The second-order valence-corrected chi connectivity index (χ2v) is 10.4. The molecule has 7 nitrogen and oxygen atoms in total. The average molecular weight is 508 g/mol. The van der Waals surface area contributed by atoms with Crippen molar-refractivity contribution in [2.75, 3.05) is 41.2 Å². The standard InChI is InChI=1S/C23H23F2N3O4S2/c1-14-13-18(25)21(28-8-10-32-11-9-28)15(2)20(14)26-23(29)22-19(7-12-33-22)27-34(30,31)17-5-3-16(24)4-6-17/h3-7,12-13,27H,8-11H2,1-2H3,(H,26,29). The molecule has 0 bridgehead atoms. The van der Waals surface area contributed by atoms with Crippen molar-refractivity contribution in [3.8, 4) is 0 Å². The first-order chi connectivity index (χ1) is 16.2. The summed E-state index contributed by atoms with van der Waals surface area (Å²) in [5.74, 6) is -1.47. The van der Waals surface area contributed by atoms with Gasteiger partial charge in [0.25, 0.3) is 15.9 Å². The summed E-state index contributed by atoms with van der Waals surface area (Å²) in [6.07, 6.45) is 0. The number of anilines is 3. The van der Waals surface area contributed by atoms with E-state index < -0.39 is 21.7 Å². The van der Waals surface area contributed by atoms with Crippen LogP contribution in [0.15, 0.2) is 46.7 Å². The molecule has 1 aliphatic heterocycles. The number of aryl methyl sites for hydroxylation is 1. The number of carbonyl (C=O) groups is 1. The maximum Gasteiger partial charge on any atom is 0.267 e. The van der Waals surface area contributed by atoms with Gasteiger partial charge >= 0.3 is 0 Å². The van der Waals surface area contributed by atoms with Crippen LogP contribution in [-0.2, 0) is 14.8 Å². The van der Waals surface area contributed by atoms with Crippen LogP contribution in [0.3, 0.4) is 0 Å². The van der Waals surface area contributed by atoms with Crippen LogP contribution in [0.4, 0.5) is 25.8 Å². The number of nitrogens with zero attached hydrogens (tertiary/aromatic N) is 1. The van der Waals surface area contributed by atoms with Crippen molar-refractivity contribution in [2.24, 2.45) is 0 Å². The van der Waals surface area contributed by atoms with Crippen LogP contribution in [0.1, 0.15) is 20.8 Å².